The van der Waals surface area contributed by atoms with Crippen LogP contribution in [0.2, 0.25) is 0 Å². The van der Waals surface area contributed by atoms with Gasteiger partial charge in [0, 0.05) is 5.56 Å². The van der Waals surface area contributed by atoms with Gasteiger partial charge in [-0.2, -0.15) is 5.10 Å². The summed E-state index contributed by atoms with van der Waals surface area (Å²) in [6.07, 6.45) is 3.31. The first-order valence-electron chi connectivity index (χ1n) is 9.92. The highest BCUT2D eigenvalue weighted by Crippen LogP contribution is 2.26. The minimum absolute atomic E-state index is 0.0316. The highest BCUT2D eigenvalue weighted by Gasteiger charge is 2.12. The molecule has 7 heteroatoms. The van der Waals surface area contributed by atoms with Crippen LogP contribution in [-0.2, 0) is 17.8 Å². The molecule has 0 fully saturated rings. The summed E-state index contributed by atoms with van der Waals surface area (Å²) in [5.41, 5.74) is 2.78. The van der Waals surface area contributed by atoms with E-state index in [1.807, 2.05) is 55.5 Å². The predicted molar refractivity (Wildman–Crippen MR) is 112 cm³/mol. The van der Waals surface area contributed by atoms with Gasteiger partial charge < -0.3 is 14.3 Å². The highest BCUT2D eigenvalue weighted by molar-refractivity contribution is 5.85. The molecule has 154 valence electrons. The maximum absolute atomic E-state index is 10.8. The number of aryl methyl sites for hydroxylation is 3. The van der Waals surface area contributed by atoms with Crippen molar-refractivity contribution < 1.29 is 19.1 Å². The Morgan fingerprint density at radius 3 is 2.80 bits per heavy atom. The number of hydrogen-bond donors (Lipinski definition) is 1. The van der Waals surface area contributed by atoms with Gasteiger partial charge >= 0.3 is 5.97 Å². The molecule has 2 aromatic heterocycles. The second kappa shape index (κ2) is 8.82. The molecule has 30 heavy (non-hydrogen) atoms. The van der Waals surface area contributed by atoms with Gasteiger partial charge in [0.05, 0.1) is 42.4 Å². The molecule has 2 aromatic carbocycles. The fourth-order valence-corrected chi connectivity index (χ4v) is 3.37. The SMILES string of the molecule is Cc1oc(-c2ccccc2)nc1CCCOc1cccc2c1cnn2CCC(=O)O. The molecule has 0 aliphatic rings. The van der Waals surface area contributed by atoms with Crippen molar-refractivity contribution >= 4 is 16.9 Å². The van der Waals surface area contributed by atoms with Gasteiger partial charge in [0.2, 0.25) is 5.89 Å². The Balaban J connectivity index is 1.37. The molecule has 0 aliphatic carbocycles. The molecule has 0 amide bonds. The molecule has 1 N–H and O–H groups in total. The van der Waals surface area contributed by atoms with E-state index >= 15 is 0 Å². The number of ether oxygens (including phenoxy) is 1. The van der Waals surface area contributed by atoms with Crippen molar-refractivity contribution in [1.82, 2.24) is 14.8 Å². The molecule has 0 unspecified atom stereocenters. The summed E-state index contributed by atoms with van der Waals surface area (Å²) in [5.74, 6) is 1.37. The Labute approximate surface area is 173 Å². The topological polar surface area (TPSA) is 90.4 Å². The molecule has 7 nitrogen and oxygen atoms in total. The van der Waals surface area contributed by atoms with Gasteiger partial charge in [-0.05, 0) is 44.0 Å². The summed E-state index contributed by atoms with van der Waals surface area (Å²) in [5, 5.41) is 14.1. The van der Waals surface area contributed by atoms with Gasteiger partial charge in [0.25, 0.3) is 0 Å². The van der Waals surface area contributed by atoms with E-state index in [-0.39, 0.29) is 6.42 Å². The molecule has 0 aliphatic heterocycles. The summed E-state index contributed by atoms with van der Waals surface area (Å²) in [7, 11) is 0. The molecule has 0 radical (unpaired) electrons. The van der Waals surface area contributed by atoms with Crippen LogP contribution in [0.3, 0.4) is 0 Å². The summed E-state index contributed by atoms with van der Waals surface area (Å²) >= 11 is 0. The Morgan fingerprint density at radius 1 is 1.17 bits per heavy atom. The molecule has 0 saturated carbocycles. The lowest BCUT2D eigenvalue weighted by atomic mass is 10.2. The van der Waals surface area contributed by atoms with Crippen LogP contribution >= 0.6 is 0 Å². The first kappa shape index (κ1) is 19.7. The van der Waals surface area contributed by atoms with E-state index in [4.69, 9.17) is 14.3 Å². The van der Waals surface area contributed by atoms with E-state index < -0.39 is 5.97 Å². The van der Waals surface area contributed by atoms with E-state index in [9.17, 15) is 4.79 Å². The van der Waals surface area contributed by atoms with E-state index in [1.54, 1.807) is 10.9 Å². The number of fused-ring (bicyclic) bond motifs is 1. The number of aromatic nitrogens is 3. The number of rotatable bonds is 9. The molecule has 0 atom stereocenters. The average molecular weight is 405 g/mol. The minimum atomic E-state index is -0.843. The Morgan fingerprint density at radius 2 is 2.00 bits per heavy atom. The van der Waals surface area contributed by atoms with E-state index in [1.165, 1.54) is 0 Å². The van der Waals surface area contributed by atoms with Crippen molar-refractivity contribution in [3.8, 4) is 17.2 Å². The third-order valence-corrected chi connectivity index (χ3v) is 4.91. The van der Waals surface area contributed by atoms with Crippen molar-refractivity contribution in [3.05, 3.63) is 66.2 Å². The first-order valence-corrected chi connectivity index (χ1v) is 9.92. The predicted octanol–water partition coefficient (Wildman–Crippen LogP) is 4.49. The monoisotopic (exact) mass is 405 g/mol. The Bertz CT molecular complexity index is 1150. The molecule has 4 aromatic rings. The van der Waals surface area contributed by atoms with Gasteiger partial charge in [-0.15, -0.1) is 0 Å². The van der Waals surface area contributed by atoms with E-state index in [0.29, 0.717) is 19.0 Å². The molecular weight excluding hydrogens is 382 g/mol. The number of benzene rings is 2. The van der Waals surface area contributed by atoms with Gasteiger partial charge in [0.15, 0.2) is 0 Å². The minimum Gasteiger partial charge on any atom is -0.493 e. The fraction of sp³-hybridized carbons (Fsp3) is 0.261. The summed E-state index contributed by atoms with van der Waals surface area (Å²) < 4.78 is 13.5. The van der Waals surface area contributed by atoms with Crippen molar-refractivity contribution in [3.63, 3.8) is 0 Å². The Hall–Kier alpha value is -3.61. The van der Waals surface area contributed by atoms with Crippen LogP contribution in [0, 0.1) is 6.92 Å². The Kier molecular flexibility index (Phi) is 5.79. The lowest BCUT2D eigenvalue weighted by Gasteiger charge is -2.07. The van der Waals surface area contributed by atoms with E-state index in [2.05, 4.69) is 10.1 Å². The van der Waals surface area contributed by atoms with Gasteiger partial charge in [-0.1, -0.05) is 24.3 Å². The summed E-state index contributed by atoms with van der Waals surface area (Å²) in [6.45, 7) is 2.80. The quantitative estimate of drug-likeness (QED) is 0.413. The molecule has 0 saturated heterocycles. The van der Waals surface area contributed by atoms with Crippen LogP contribution < -0.4 is 4.74 Å². The lowest BCUT2D eigenvalue weighted by Crippen LogP contribution is -2.05. The number of nitrogens with zero attached hydrogens (tertiary/aromatic N) is 3. The maximum Gasteiger partial charge on any atom is 0.305 e. The van der Waals surface area contributed by atoms with Crippen LogP contribution in [0.1, 0.15) is 24.3 Å². The van der Waals surface area contributed by atoms with E-state index in [0.717, 1.165) is 46.5 Å². The number of carboxylic acids is 1. The molecular formula is C23H23N3O4. The third-order valence-electron chi connectivity index (χ3n) is 4.91. The number of carboxylic acid groups (broad SMARTS) is 1. The molecule has 2 heterocycles. The van der Waals surface area contributed by atoms with Crippen LogP contribution in [0.5, 0.6) is 5.75 Å². The van der Waals surface area contributed by atoms with Crippen LogP contribution in [0.4, 0.5) is 0 Å². The van der Waals surface area contributed by atoms with Crippen LogP contribution in [0.25, 0.3) is 22.4 Å². The number of oxazole rings is 1. The zero-order chi connectivity index (χ0) is 20.9. The average Bonchev–Trinajstić information content (AvgIpc) is 3.34. The third kappa shape index (κ3) is 4.35. The second-order valence-electron chi connectivity index (χ2n) is 7.04. The van der Waals surface area contributed by atoms with Crippen molar-refractivity contribution in [2.75, 3.05) is 6.61 Å². The van der Waals surface area contributed by atoms with Gasteiger partial charge in [-0.3, -0.25) is 9.48 Å². The summed E-state index contributed by atoms with van der Waals surface area (Å²) in [6, 6.07) is 15.6. The van der Waals surface area contributed by atoms with Gasteiger partial charge in [-0.25, -0.2) is 4.98 Å². The molecule has 0 bridgehead atoms. The van der Waals surface area contributed by atoms with Crippen LogP contribution in [0.15, 0.2) is 59.1 Å². The van der Waals surface area contributed by atoms with Crippen molar-refractivity contribution in [1.29, 1.82) is 0 Å². The zero-order valence-corrected chi connectivity index (χ0v) is 16.7. The molecule has 0 spiro atoms. The second-order valence-corrected chi connectivity index (χ2v) is 7.04. The number of carbonyl (C=O) groups is 1. The fourth-order valence-electron chi connectivity index (χ4n) is 3.37. The van der Waals surface area contributed by atoms with Crippen molar-refractivity contribution in [2.45, 2.75) is 32.7 Å². The van der Waals surface area contributed by atoms with Crippen LogP contribution in [-0.4, -0.2) is 32.4 Å². The largest absolute Gasteiger partial charge is 0.493 e. The first-order chi connectivity index (χ1) is 14.6. The normalized spacial score (nSPS) is 11.1. The number of aliphatic carboxylic acids is 1. The van der Waals surface area contributed by atoms with Crippen molar-refractivity contribution in [2.24, 2.45) is 0 Å². The smallest absolute Gasteiger partial charge is 0.305 e. The lowest BCUT2D eigenvalue weighted by molar-refractivity contribution is -0.137. The van der Waals surface area contributed by atoms with Gasteiger partial charge in [0.1, 0.15) is 11.5 Å². The summed E-state index contributed by atoms with van der Waals surface area (Å²) in [4.78, 5) is 15.4. The number of hydrogen-bond acceptors (Lipinski definition) is 5. The molecule has 4 rings (SSSR count). The maximum atomic E-state index is 10.8. The standard InChI is InChI=1S/C23H23N3O4/c1-16-19(25-23(30-16)17-7-3-2-4-8-17)9-6-14-29-21-11-5-10-20-18(21)15-24-26(20)13-12-22(27)28/h2-5,7-8,10-11,15H,6,9,12-14H2,1H3,(H,27,28). The highest BCUT2D eigenvalue weighted by atomic mass is 16.5. The zero-order valence-electron chi connectivity index (χ0n) is 16.7.